The average Bonchev–Trinajstić information content (AvgIpc) is 3.42. The molecule has 0 saturated heterocycles. The third kappa shape index (κ3) is 4.74. The first kappa shape index (κ1) is 19.8. The molecule has 3 aromatic rings. The molecule has 2 aromatic carbocycles. The number of carbonyl (C=O) groups is 2. The summed E-state index contributed by atoms with van der Waals surface area (Å²) in [5.41, 5.74) is 4.17. The van der Waals surface area contributed by atoms with E-state index in [0.717, 1.165) is 30.5 Å². The van der Waals surface area contributed by atoms with E-state index in [9.17, 15) is 9.59 Å². The van der Waals surface area contributed by atoms with Crippen molar-refractivity contribution >= 4 is 17.6 Å². The Labute approximate surface area is 174 Å². The minimum Gasteiger partial charge on any atom is -0.453 e. The molecule has 1 aromatic heterocycles. The number of ether oxygens (including phenoxy) is 1. The van der Waals surface area contributed by atoms with Crippen molar-refractivity contribution in [2.45, 2.75) is 45.1 Å². The SMILES string of the molecule is C[C@H](OC(=O)CCc1nc(-c2ccccc2)no1)C(=O)Nc1ccc2c(c1)CCC2. The minimum absolute atomic E-state index is 0.0485. The van der Waals surface area contributed by atoms with Crippen molar-refractivity contribution in [3.8, 4) is 11.4 Å². The number of carbonyl (C=O) groups excluding carboxylic acids is 2. The summed E-state index contributed by atoms with van der Waals surface area (Å²) in [6, 6.07) is 15.4. The Kier molecular flexibility index (Phi) is 5.88. The summed E-state index contributed by atoms with van der Waals surface area (Å²) in [5, 5.41) is 6.74. The van der Waals surface area contributed by atoms with E-state index in [0.29, 0.717) is 11.7 Å². The summed E-state index contributed by atoms with van der Waals surface area (Å²) in [6.45, 7) is 1.56. The van der Waals surface area contributed by atoms with Gasteiger partial charge in [-0.3, -0.25) is 9.59 Å². The second-order valence-electron chi connectivity index (χ2n) is 7.34. The van der Waals surface area contributed by atoms with Crippen LogP contribution < -0.4 is 5.32 Å². The highest BCUT2D eigenvalue weighted by Crippen LogP contribution is 2.25. The molecule has 1 atom stereocenters. The summed E-state index contributed by atoms with van der Waals surface area (Å²) in [5.74, 6) is -0.0291. The number of hydrogen-bond donors (Lipinski definition) is 1. The fourth-order valence-corrected chi connectivity index (χ4v) is 3.47. The highest BCUT2D eigenvalue weighted by atomic mass is 16.5. The van der Waals surface area contributed by atoms with Gasteiger partial charge in [0.1, 0.15) is 0 Å². The third-order valence-electron chi connectivity index (χ3n) is 5.09. The van der Waals surface area contributed by atoms with Crippen molar-refractivity contribution in [3.63, 3.8) is 0 Å². The van der Waals surface area contributed by atoms with Gasteiger partial charge in [0, 0.05) is 17.7 Å². The average molecular weight is 405 g/mol. The Morgan fingerprint density at radius 2 is 1.93 bits per heavy atom. The molecule has 7 nitrogen and oxygen atoms in total. The lowest BCUT2D eigenvalue weighted by Crippen LogP contribution is -2.30. The van der Waals surface area contributed by atoms with Crippen molar-refractivity contribution in [3.05, 3.63) is 65.5 Å². The molecule has 154 valence electrons. The van der Waals surface area contributed by atoms with Crippen molar-refractivity contribution in [2.24, 2.45) is 0 Å². The quantitative estimate of drug-likeness (QED) is 0.602. The highest BCUT2D eigenvalue weighted by molar-refractivity contribution is 5.95. The molecule has 0 spiro atoms. The van der Waals surface area contributed by atoms with Gasteiger partial charge in [0.15, 0.2) is 6.10 Å². The standard InChI is InChI=1S/C23H23N3O4/c1-15(23(28)24-19-11-10-16-8-5-9-18(16)14-19)29-21(27)13-12-20-25-22(26-30-20)17-6-3-2-4-7-17/h2-4,6-7,10-11,14-15H,5,8-9,12-13H2,1H3,(H,24,28)/t15-/m0/s1. The largest absolute Gasteiger partial charge is 0.453 e. The molecule has 1 amide bonds. The number of amides is 1. The maximum Gasteiger partial charge on any atom is 0.307 e. The molecule has 0 radical (unpaired) electrons. The lowest BCUT2D eigenvalue weighted by Gasteiger charge is -2.14. The Hall–Kier alpha value is -3.48. The fourth-order valence-electron chi connectivity index (χ4n) is 3.47. The molecule has 7 heteroatoms. The molecule has 1 N–H and O–H groups in total. The van der Waals surface area contributed by atoms with Gasteiger partial charge in [0.25, 0.3) is 5.91 Å². The molecule has 1 heterocycles. The van der Waals surface area contributed by atoms with E-state index in [2.05, 4.69) is 15.5 Å². The van der Waals surface area contributed by atoms with Crippen LogP contribution in [0.4, 0.5) is 5.69 Å². The Bertz CT molecular complexity index is 1050. The van der Waals surface area contributed by atoms with Crippen LogP contribution in [0.3, 0.4) is 0 Å². The predicted molar refractivity (Wildman–Crippen MR) is 111 cm³/mol. The second kappa shape index (κ2) is 8.90. The smallest absolute Gasteiger partial charge is 0.307 e. The Morgan fingerprint density at radius 1 is 1.13 bits per heavy atom. The summed E-state index contributed by atoms with van der Waals surface area (Å²) in [4.78, 5) is 28.8. The second-order valence-corrected chi connectivity index (χ2v) is 7.34. The van der Waals surface area contributed by atoms with Crippen LogP contribution in [0.25, 0.3) is 11.4 Å². The van der Waals surface area contributed by atoms with Gasteiger partial charge in [0.2, 0.25) is 11.7 Å². The zero-order valence-corrected chi connectivity index (χ0v) is 16.8. The number of aryl methyl sites for hydroxylation is 3. The molecule has 0 aliphatic heterocycles. The van der Waals surface area contributed by atoms with Crippen LogP contribution in [0, 0.1) is 0 Å². The normalized spacial score (nSPS) is 13.5. The van der Waals surface area contributed by atoms with Gasteiger partial charge in [-0.25, -0.2) is 0 Å². The zero-order valence-electron chi connectivity index (χ0n) is 16.8. The minimum atomic E-state index is -0.895. The van der Waals surface area contributed by atoms with Crippen LogP contribution in [0.15, 0.2) is 53.1 Å². The van der Waals surface area contributed by atoms with Crippen molar-refractivity contribution < 1.29 is 18.8 Å². The van der Waals surface area contributed by atoms with Crippen LogP contribution in [0.2, 0.25) is 0 Å². The molecule has 0 unspecified atom stereocenters. The summed E-state index contributed by atoms with van der Waals surface area (Å²) in [7, 11) is 0. The first-order valence-corrected chi connectivity index (χ1v) is 10.1. The number of nitrogens with zero attached hydrogens (tertiary/aromatic N) is 2. The van der Waals surface area contributed by atoms with Gasteiger partial charge in [-0.15, -0.1) is 0 Å². The maximum atomic E-state index is 12.4. The summed E-state index contributed by atoms with van der Waals surface area (Å²) in [6.07, 6.45) is 2.67. The fraction of sp³-hybridized carbons (Fsp3) is 0.304. The van der Waals surface area contributed by atoms with Gasteiger partial charge >= 0.3 is 5.97 Å². The molecular formula is C23H23N3O4. The van der Waals surface area contributed by atoms with Gasteiger partial charge in [-0.1, -0.05) is 41.6 Å². The highest BCUT2D eigenvalue weighted by Gasteiger charge is 2.20. The van der Waals surface area contributed by atoms with Crippen LogP contribution in [-0.4, -0.2) is 28.1 Å². The summed E-state index contributed by atoms with van der Waals surface area (Å²) >= 11 is 0. The predicted octanol–water partition coefficient (Wildman–Crippen LogP) is 3.73. The molecule has 0 saturated carbocycles. The molecule has 0 bridgehead atoms. The number of benzene rings is 2. The molecule has 1 aliphatic rings. The van der Waals surface area contributed by atoms with Crippen molar-refractivity contribution in [2.75, 3.05) is 5.32 Å². The first-order valence-electron chi connectivity index (χ1n) is 10.1. The lowest BCUT2D eigenvalue weighted by atomic mass is 10.1. The zero-order chi connectivity index (χ0) is 20.9. The molecule has 0 fully saturated rings. The molecular weight excluding hydrogens is 382 g/mol. The number of nitrogens with one attached hydrogen (secondary N) is 1. The van der Waals surface area contributed by atoms with E-state index in [1.165, 1.54) is 11.1 Å². The Balaban J connectivity index is 1.25. The monoisotopic (exact) mass is 405 g/mol. The van der Waals surface area contributed by atoms with Gasteiger partial charge in [-0.2, -0.15) is 4.98 Å². The van der Waals surface area contributed by atoms with E-state index in [1.54, 1.807) is 6.92 Å². The van der Waals surface area contributed by atoms with Crippen molar-refractivity contribution in [1.82, 2.24) is 10.1 Å². The number of rotatable bonds is 7. The third-order valence-corrected chi connectivity index (χ3v) is 5.09. The maximum absolute atomic E-state index is 12.4. The van der Waals surface area contributed by atoms with Crippen LogP contribution in [0.5, 0.6) is 0 Å². The van der Waals surface area contributed by atoms with E-state index in [-0.39, 0.29) is 18.7 Å². The molecule has 30 heavy (non-hydrogen) atoms. The topological polar surface area (TPSA) is 94.3 Å². The van der Waals surface area contributed by atoms with Gasteiger partial charge in [0.05, 0.1) is 6.42 Å². The number of fused-ring (bicyclic) bond motifs is 1. The van der Waals surface area contributed by atoms with E-state index >= 15 is 0 Å². The van der Waals surface area contributed by atoms with Gasteiger partial charge < -0.3 is 14.6 Å². The molecule has 4 rings (SSSR count). The number of aromatic nitrogens is 2. The number of anilines is 1. The van der Waals surface area contributed by atoms with E-state index < -0.39 is 12.1 Å². The van der Waals surface area contributed by atoms with Crippen molar-refractivity contribution in [1.29, 1.82) is 0 Å². The summed E-state index contributed by atoms with van der Waals surface area (Å²) < 4.78 is 10.4. The molecule has 1 aliphatic carbocycles. The number of esters is 1. The van der Waals surface area contributed by atoms with Gasteiger partial charge in [-0.05, 0) is 49.4 Å². The lowest BCUT2D eigenvalue weighted by molar-refractivity contribution is -0.153. The number of hydrogen-bond acceptors (Lipinski definition) is 6. The Morgan fingerprint density at radius 3 is 2.77 bits per heavy atom. The van der Waals surface area contributed by atoms with Crippen LogP contribution in [-0.2, 0) is 33.6 Å². The first-order chi connectivity index (χ1) is 14.6. The van der Waals surface area contributed by atoms with E-state index in [1.807, 2.05) is 48.5 Å². The van der Waals surface area contributed by atoms with Crippen LogP contribution in [0.1, 0.15) is 36.8 Å². The van der Waals surface area contributed by atoms with E-state index in [4.69, 9.17) is 9.26 Å². The van der Waals surface area contributed by atoms with Crippen LogP contribution >= 0.6 is 0 Å².